The molecule has 0 N–H and O–H groups in total. The molecule has 1 amide bonds. The first kappa shape index (κ1) is 10.0. The highest BCUT2D eigenvalue weighted by molar-refractivity contribution is 6.01. The van der Waals surface area contributed by atoms with Gasteiger partial charge in [-0.2, -0.15) is 13.2 Å². The summed E-state index contributed by atoms with van der Waals surface area (Å²) in [5, 5.41) is 0. The molecular weight excluding hydrogens is 207 g/mol. The van der Waals surface area contributed by atoms with Crippen molar-refractivity contribution in [2.24, 2.45) is 0 Å². The second-order valence-corrected chi connectivity index (χ2v) is 3.36. The zero-order valence-electron chi connectivity index (χ0n) is 7.66. The standard InChI is InChI=1S/C10H8F3NO/c11-10(12,13)8-6-9(15)14(8)7-4-2-1-3-5-7/h1-5,8H,6H2/t8-/m0/s1. The predicted octanol–water partition coefficient (Wildman–Crippen LogP) is 2.35. The first-order valence-corrected chi connectivity index (χ1v) is 4.44. The Labute approximate surface area is 84.3 Å². The number of benzene rings is 1. The van der Waals surface area contributed by atoms with Crippen molar-refractivity contribution < 1.29 is 18.0 Å². The van der Waals surface area contributed by atoms with Gasteiger partial charge in [-0.15, -0.1) is 0 Å². The van der Waals surface area contributed by atoms with Gasteiger partial charge in [-0.25, -0.2) is 0 Å². The number of halogens is 3. The van der Waals surface area contributed by atoms with Crippen molar-refractivity contribution in [3.05, 3.63) is 30.3 Å². The van der Waals surface area contributed by atoms with Crippen molar-refractivity contribution in [1.29, 1.82) is 0 Å². The van der Waals surface area contributed by atoms with Crippen LogP contribution in [-0.2, 0) is 4.79 Å². The number of carbonyl (C=O) groups excluding carboxylic acids is 1. The van der Waals surface area contributed by atoms with E-state index in [1.165, 1.54) is 12.1 Å². The van der Waals surface area contributed by atoms with E-state index >= 15 is 0 Å². The number of nitrogens with zero attached hydrogens (tertiary/aromatic N) is 1. The molecule has 1 saturated heterocycles. The lowest BCUT2D eigenvalue weighted by Gasteiger charge is -2.41. The summed E-state index contributed by atoms with van der Waals surface area (Å²) in [6.45, 7) is 0. The molecule has 0 aromatic heterocycles. The van der Waals surface area contributed by atoms with E-state index in [0.29, 0.717) is 5.69 Å². The Morgan fingerprint density at radius 3 is 2.27 bits per heavy atom. The van der Waals surface area contributed by atoms with Crippen molar-refractivity contribution in [2.45, 2.75) is 18.6 Å². The molecule has 2 nitrogen and oxygen atoms in total. The van der Waals surface area contributed by atoms with Crippen LogP contribution < -0.4 is 4.90 Å². The number of rotatable bonds is 1. The summed E-state index contributed by atoms with van der Waals surface area (Å²) in [6.07, 6.45) is -4.79. The first-order chi connectivity index (χ1) is 7.00. The van der Waals surface area contributed by atoms with Gasteiger partial charge in [0.2, 0.25) is 5.91 Å². The number of hydrogen-bond donors (Lipinski definition) is 0. The molecule has 1 aliphatic rings. The van der Waals surface area contributed by atoms with Crippen molar-refractivity contribution in [3.63, 3.8) is 0 Å². The summed E-state index contributed by atoms with van der Waals surface area (Å²) in [5.74, 6) is -0.483. The maximum absolute atomic E-state index is 12.4. The molecule has 1 aromatic carbocycles. The fourth-order valence-electron chi connectivity index (χ4n) is 1.59. The van der Waals surface area contributed by atoms with Crippen LogP contribution in [0.5, 0.6) is 0 Å². The van der Waals surface area contributed by atoms with E-state index in [1.807, 2.05) is 0 Å². The number of hydrogen-bond acceptors (Lipinski definition) is 1. The number of para-hydroxylation sites is 1. The van der Waals surface area contributed by atoms with E-state index in [1.54, 1.807) is 18.2 Å². The van der Waals surface area contributed by atoms with Gasteiger partial charge in [-0.3, -0.25) is 9.69 Å². The Morgan fingerprint density at radius 2 is 1.80 bits per heavy atom. The van der Waals surface area contributed by atoms with Crippen molar-refractivity contribution >= 4 is 11.6 Å². The molecule has 80 valence electrons. The molecule has 1 aromatic rings. The monoisotopic (exact) mass is 215 g/mol. The molecular formula is C10H8F3NO. The fourth-order valence-corrected chi connectivity index (χ4v) is 1.59. The Bertz CT molecular complexity index is 374. The van der Waals surface area contributed by atoms with Crippen LogP contribution in [0, 0.1) is 0 Å². The molecule has 0 bridgehead atoms. The van der Waals surface area contributed by atoms with Crippen LogP contribution in [0.25, 0.3) is 0 Å². The molecule has 0 saturated carbocycles. The topological polar surface area (TPSA) is 20.3 Å². The highest BCUT2D eigenvalue weighted by Gasteiger charge is 2.53. The summed E-state index contributed by atoms with van der Waals surface area (Å²) in [5.41, 5.74) is 0.302. The summed E-state index contributed by atoms with van der Waals surface area (Å²) >= 11 is 0. The van der Waals surface area contributed by atoms with Crippen LogP contribution in [0.4, 0.5) is 18.9 Å². The molecule has 1 aliphatic heterocycles. The van der Waals surface area contributed by atoms with Crippen LogP contribution >= 0.6 is 0 Å². The van der Waals surface area contributed by atoms with Gasteiger partial charge in [0.15, 0.2) is 0 Å². The van der Waals surface area contributed by atoms with E-state index in [0.717, 1.165) is 4.90 Å². The van der Waals surface area contributed by atoms with Crippen LogP contribution in [0.15, 0.2) is 30.3 Å². The second-order valence-electron chi connectivity index (χ2n) is 3.36. The van der Waals surface area contributed by atoms with Gasteiger partial charge in [-0.05, 0) is 12.1 Å². The van der Waals surface area contributed by atoms with E-state index in [9.17, 15) is 18.0 Å². The van der Waals surface area contributed by atoms with Gasteiger partial charge in [0.25, 0.3) is 0 Å². The Morgan fingerprint density at radius 1 is 1.20 bits per heavy atom. The molecule has 0 unspecified atom stereocenters. The Balaban J connectivity index is 2.25. The van der Waals surface area contributed by atoms with Crippen LogP contribution in [0.1, 0.15) is 6.42 Å². The summed E-state index contributed by atoms with van der Waals surface area (Å²) in [4.78, 5) is 11.9. The third-order valence-electron chi connectivity index (χ3n) is 2.36. The van der Waals surface area contributed by atoms with Gasteiger partial charge in [-0.1, -0.05) is 18.2 Å². The molecule has 5 heteroatoms. The minimum absolute atomic E-state index is 0.302. The van der Waals surface area contributed by atoms with Gasteiger partial charge in [0.05, 0.1) is 6.42 Å². The molecule has 1 fully saturated rings. The van der Waals surface area contributed by atoms with Gasteiger partial charge in [0, 0.05) is 5.69 Å². The predicted molar refractivity (Wildman–Crippen MR) is 48.4 cm³/mol. The smallest absolute Gasteiger partial charge is 0.300 e. The molecule has 0 spiro atoms. The number of anilines is 1. The Kier molecular flexibility index (Phi) is 2.17. The normalized spacial score (nSPS) is 21.4. The maximum atomic E-state index is 12.4. The largest absolute Gasteiger partial charge is 0.409 e. The molecule has 1 heterocycles. The number of carbonyl (C=O) groups is 1. The number of amides is 1. The zero-order valence-corrected chi connectivity index (χ0v) is 7.66. The summed E-state index contributed by atoms with van der Waals surface area (Å²) in [7, 11) is 0. The van der Waals surface area contributed by atoms with Crippen molar-refractivity contribution in [3.8, 4) is 0 Å². The first-order valence-electron chi connectivity index (χ1n) is 4.44. The maximum Gasteiger partial charge on any atom is 0.409 e. The van der Waals surface area contributed by atoms with Gasteiger partial charge >= 0.3 is 6.18 Å². The minimum atomic E-state index is -4.34. The van der Waals surface area contributed by atoms with Crippen LogP contribution in [0.3, 0.4) is 0 Å². The zero-order chi connectivity index (χ0) is 11.1. The average molecular weight is 215 g/mol. The highest BCUT2D eigenvalue weighted by atomic mass is 19.4. The minimum Gasteiger partial charge on any atom is -0.300 e. The van der Waals surface area contributed by atoms with Crippen molar-refractivity contribution in [1.82, 2.24) is 0 Å². The van der Waals surface area contributed by atoms with E-state index in [4.69, 9.17) is 0 Å². The number of alkyl halides is 3. The van der Waals surface area contributed by atoms with Crippen LogP contribution in [-0.4, -0.2) is 18.1 Å². The summed E-state index contributed by atoms with van der Waals surface area (Å²) in [6, 6.07) is 6.23. The van der Waals surface area contributed by atoms with Crippen LogP contribution in [0.2, 0.25) is 0 Å². The van der Waals surface area contributed by atoms with Gasteiger partial charge in [0.1, 0.15) is 6.04 Å². The third kappa shape index (κ3) is 1.69. The van der Waals surface area contributed by atoms with Crippen molar-refractivity contribution in [2.75, 3.05) is 4.90 Å². The molecule has 2 rings (SSSR count). The molecule has 1 atom stereocenters. The molecule has 15 heavy (non-hydrogen) atoms. The molecule has 0 aliphatic carbocycles. The van der Waals surface area contributed by atoms with E-state index < -0.39 is 24.5 Å². The second kappa shape index (κ2) is 3.25. The lowest BCUT2D eigenvalue weighted by molar-refractivity contribution is -0.170. The quantitative estimate of drug-likeness (QED) is 0.658. The Hall–Kier alpha value is -1.52. The SMILES string of the molecule is O=C1C[C@@H](C(F)(F)F)N1c1ccccc1. The highest BCUT2D eigenvalue weighted by Crippen LogP contribution is 2.37. The van der Waals surface area contributed by atoms with E-state index in [2.05, 4.69) is 0 Å². The van der Waals surface area contributed by atoms with Gasteiger partial charge < -0.3 is 0 Å². The van der Waals surface area contributed by atoms with E-state index in [-0.39, 0.29) is 0 Å². The fraction of sp³-hybridized carbons (Fsp3) is 0.300. The number of β-lactam (4-membered cyclic amide) rings is 1. The lowest BCUT2D eigenvalue weighted by atomic mass is 10.0. The lowest BCUT2D eigenvalue weighted by Crippen LogP contribution is -2.60. The average Bonchev–Trinajstić information content (AvgIpc) is 2.14. The molecule has 0 radical (unpaired) electrons. The summed E-state index contributed by atoms with van der Waals surface area (Å²) < 4.78 is 37.2. The third-order valence-corrected chi connectivity index (χ3v) is 2.36.